The van der Waals surface area contributed by atoms with Gasteiger partial charge in [0.2, 0.25) is 10.0 Å². The van der Waals surface area contributed by atoms with Gasteiger partial charge in [0.05, 0.1) is 12.0 Å². The van der Waals surface area contributed by atoms with Gasteiger partial charge in [-0.1, -0.05) is 31.2 Å². The summed E-state index contributed by atoms with van der Waals surface area (Å²) in [5.41, 5.74) is 2.30. The lowest BCUT2D eigenvalue weighted by atomic mass is 9.98. The van der Waals surface area contributed by atoms with Gasteiger partial charge in [0.15, 0.2) is 5.96 Å². The second kappa shape index (κ2) is 13.5. The third kappa shape index (κ3) is 9.44. The maximum Gasteiger partial charge on any atom is 0.238 e. The summed E-state index contributed by atoms with van der Waals surface area (Å²) in [7, 11) is -1.98. The number of nitrogens with two attached hydrogens (primary N) is 1. The Labute approximate surface area is 202 Å². The fraction of sp³-hybridized carbons (Fsp3) is 0.409. The van der Waals surface area contributed by atoms with Crippen LogP contribution in [0.15, 0.2) is 58.4 Å². The van der Waals surface area contributed by atoms with Crippen molar-refractivity contribution >= 4 is 40.0 Å². The van der Waals surface area contributed by atoms with Gasteiger partial charge in [0.1, 0.15) is 5.75 Å². The van der Waals surface area contributed by atoms with Crippen LogP contribution in [-0.2, 0) is 16.4 Å². The molecule has 0 amide bonds. The van der Waals surface area contributed by atoms with E-state index in [4.69, 9.17) is 9.88 Å². The van der Waals surface area contributed by atoms with Crippen molar-refractivity contribution in [3.05, 3.63) is 59.7 Å². The third-order valence-corrected chi connectivity index (χ3v) is 5.75. The van der Waals surface area contributed by atoms with Gasteiger partial charge in [-0.05, 0) is 61.1 Å². The molecule has 1 unspecified atom stereocenters. The Kier molecular flexibility index (Phi) is 11.9. The Hall–Kier alpha value is -1.85. The zero-order chi connectivity index (χ0) is 22.0. The van der Waals surface area contributed by atoms with E-state index in [2.05, 4.69) is 34.7 Å². The lowest BCUT2D eigenvalue weighted by Gasteiger charge is -2.14. The number of ether oxygens (including phenoxy) is 1. The molecular formula is C22H33IN4O3S. The highest BCUT2D eigenvalue weighted by Crippen LogP contribution is 2.21. The van der Waals surface area contributed by atoms with Gasteiger partial charge < -0.3 is 15.4 Å². The lowest BCUT2D eigenvalue weighted by Crippen LogP contribution is -2.38. The summed E-state index contributed by atoms with van der Waals surface area (Å²) in [4.78, 5) is 4.79. The summed E-state index contributed by atoms with van der Waals surface area (Å²) in [6.07, 6.45) is 1.69. The van der Waals surface area contributed by atoms with E-state index in [0.29, 0.717) is 19.0 Å². The van der Waals surface area contributed by atoms with Gasteiger partial charge in [0.25, 0.3) is 0 Å². The molecule has 0 radical (unpaired) electrons. The molecule has 2 aromatic carbocycles. The standard InChI is InChI=1S/C22H32N4O3S.HI/c1-4-24-22(25-15-13-17(2)19-7-9-20(29-3)10-8-19)26-16-14-18-5-11-21(12-6-18)30(23,27)28;/h5-12,17H,4,13-16H2,1-3H3,(H2,23,27,28)(H2,24,25,26);1H. The summed E-state index contributed by atoms with van der Waals surface area (Å²) in [5.74, 6) is 2.04. The van der Waals surface area contributed by atoms with Gasteiger partial charge in [-0.3, -0.25) is 4.99 Å². The Morgan fingerprint density at radius 2 is 1.74 bits per heavy atom. The number of methoxy groups -OCH3 is 1. The first kappa shape index (κ1) is 27.2. The smallest absolute Gasteiger partial charge is 0.238 e. The van der Waals surface area contributed by atoms with E-state index in [0.717, 1.165) is 36.7 Å². The predicted octanol–water partition coefficient (Wildman–Crippen LogP) is 3.25. The van der Waals surface area contributed by atoms with Crippen molar-refractivity contribution in [2.24, 2.45) is 10.1 Å². The van der Waals surface area contributed by atoms with Gasteiger partial charge >= 0.3 is 0 Å². The fourth-order valence-electron chi connectivity index (χ4n) is 2.98. The molecule has 31 heavy (non-hydrogen) atoms. The van der Waals surface area contributed by atoms with Crippen molar-refractivity contribution in [1.82, 2.24) is 10.6 Å². The van der Waals surface area contributed by atoms with Crippen molar-refractivity contribution in [3.63, 3.8) is 0 Å². The number of primary sulfonamides is 1. The molecular weight excluding hydrogens is 527 g/mol. The fourth-order valence-corrected chi connectivity index (χ4v) is 3.50. The Balaban J connectivity index is 0.00000480. The predicted molar refractivity (Wildman–Crippen MR) is 137 cm³/mol. The molecule has 0 saturated heterocycles. The molecule has 0 heterocycles. The normalized spacial score (nSPS) is 12.6. The first-order chi connectivity index (χ1) is 14.3. The van der Waals surface area contributed by atoms with Crippen LogP contribution >= 0.6 is 24.0 Å². The average Bonchev–Trinajstić information content (AvgIpc) is 2.73. The minimum atomic E-state index is -3.65. The quantitative estimate of drug-likeness (QED) is 0.235. The molecule has 0 aliphatic rings. The topological polar surface area (TPSA) is 106 Å². The summed E-state index contributed by atoms with van der Waals surface area (Å²) in [6.45, 7) is 6.41. The van der Waals surface area contributed by atoms with Crippen molar-refractivity contribution in [2.45, 2.75) is 37.5 Å². The molecule has 172 valence electrons. The zero-order valence-electron chi connectivity index (χ0n) is 18.3. The Morgan fingerprint density at radius 3 is 2.29 bits per heavy atom. The minimum absolute atomic E-state index is 0. The van der Waals surface area contributed by atoms with Crippen molar-refractivity contribution < 1.29 is 13.2 Å². The molecule has 7 nitrogen and oxygen atoms in total. The van der Waals surface area contributed by atoms with Gasteiger partial charge in [-0.25, -0.2) is 13.6 Å². The van der Waals surface area contributed by atoms with Crippen LogP contribution in [0, 0.1) is 0 Å². The van der Waals surface area contributed by atoms with E-state index < -0.39 is 10.0 Å². The molecule has 2 aromatic rings. The molecule has 1 atom stereocenters. The number of nitrogens with zero attached hydrogens (tertiary/aromatic N) is 1. The van der Waals surface area contributed by atoms with Crippen LogP contribution in [0.25, 0.3) is 0 Å². The van der Waals surface area contributed by atoms with Gasteiger partial charge in [-0.15, -0.1) is 24.0 Å². The van der Waals surface area contributed by atoms with E-state index in [-0.39, 0.29) is 28.9 Å². The van der Waals surface area contributed by atoms with Crippen LogP contribution in [0.2, 0.25) is 0 Å². The van der Waals surface area contributed by atoms with Crippen LogP contribution in [-0.4, -0.2) is 41.1 Å². The van der Waals surface area contributed by atoms with Crippen LogP contribution in [0.1, 0.15) is 37.3 Å². The molecule has 0 spiro atoms. The monoisotopic (exact) mass is 560 g/mol. The average molecular weight is 561 g/mol. The molecule has 2 rings (SSSR count). The number of hydrogen-bond donors (Lipinski definition) is 3. The highest BCUT2D eigenvalue weighted by atomic mass is 127. The SMILES string of the molecule is CCNC(=NCCC(C)c1ccc(OC)cc1)NCCc1ccc(S(N)(=O)=O)cc1.I. The van der Waals surface area contributed by atoms with Crippen molar-refractivity contribution in [3.8, 4) is 5.75 Å². The third-order valence-electron chi connectivity index (χ3n) is 4.82. The van der Waals surface area contributed by atoms with Crippen LogP contribution < -0.4 is 20.5 Å². The first-order valence-electron chi connectivity index (χ1n) is 10.1. The van der Waals surface area contributed by atoms with Gasteiger partial charge in [-0.2, -0.15) is 0 Å². The molecule has 0 aromatic heterocycles. The van der Waals surface area contributed by atoms with Crippen molar-refractivity contribution in [1.29, 1.82) is 0 Å². The molecule has 0 bridgehead atoms. The number of nitrogens with one attached hydrogen (secondary N) is 2. The van der Waals surface area contributed by atoms with Crippen LogP contribution in [0.4, 0.5) is 0 Å². The first-order valence-corrected chi connectivity index (χ1v) is 11.7. The second-order valence-corrected chi connectivity index (χ2v) is 8.65. The number of hydrogen-bond acceptors (Lipinski definition) is 4. The highest BCUT2D eigenvalue weighted by molar-refractivity contribution is 14.0. The summed E-state index contributed by atoms with van der Waals surface area (Å²) in [6, 6.07) is 14.8. The van der Waals surface area contributed by atoms with Crippen molar-refractivity contribution in [2.75, 3.05) is 26.7 Å². The van der Waals surface area contributed by atoms with E-state index in [1.165, 1.54) is 17.7 Å². The number of rotatable bonds is 10. The summed E-state index contributed by atoms with van der Waals surface area (Å²) >= 11 is 0. The summed E-state index contributed by atoms with van der Waals surface area (Å²) < 4.78 is 27.9. The molecule has 4 N–H and O–H groups in total. The molecule has 0 aliphatic heterocycles. The van der Waals surface area contributed by atoms with Crippen LogP contribution in [0.3, 0.4) is 0 Å². The van der Waals surface area contributed by atoms with Gasteiger partial charge in [0, 0.05) is 19.6 Å². The maximum atomic E-state index is 11.3. The number of aliphatic imine (C=N–C) groups is 1. The van der Waals surface area contributed by atoms with E-state index in [9.17, 15) is 8.42 Å². The van der Waals surface area contributed by atoms with Crippen LogP contribution in [0.5, 0.6) is 5.75 Å². The van der Waals surface area contributed by atoms with E-state index in [1.807, 2.05) is 19.1 Å². The zero-order valence-corrected chi connectivity index (χ0v) is 21.4. The number of halogens is 1. The number of guanidine groups is 1. The lowest BCUT2D eigenvalue weighted by molar-refractivity contribution is 0.414. The molecule has 0 aliphatic carbocycles. The largest absolute Gasteiger partial charge is 0.497 e. The maximum absolute atomic E-state index is 11.3. The molecule has 0 saturated carbocycles. The highest BCUT2D eigenvalue weighted by Gasteiger charge is 2.07. The Bertz CT molecular complexity index is 917. The number of sulfonamides is 1. The molecule has 0 fully saturated rings. The number of benzene rings is 2. The van der Waals surface area contributed by atoms with E-state index in [1.54, 1.807) is 19.2 Å². The Morgan fingerprint density at radius 1 is 1.10 bits per heavy atom. The summed E-state index contributed by atoms with van der Waals surface area (Å²) in [5, 5.41) is 11.7. The minimum Gasteiger partial charge on any atom is -0.497 e. The second-order valence-electron chi connectivity index (χ2n) is 7.09. The van der Waals surface area contributed by atoms with E-state index >= 15 is 0 Å². The molecule has 9 heteroatoms.